The molecule has 24 heavy (non-hydrogen) atoms. The molecule has 0 aliphatic rings. The summed E-state index contributed by atoms with van der Waals surface area (Å²) in [4.78, 5) is 16.3. The van der Waals surface area contributed by atoms with Crippen LogP contribution in [0, 0.1) is 0 Å². The van der Waals surface area contributed by atoms with Crippen LogP contribution in [0.3, 0.4) is 0 Å². The molecule has 1 heterocycles. The van der Waals surface area contributed by atoms with E-state index in [9.17, 15) is 4.79 Å². The molecule has 0 unspecified atom stereocenters. The van der Waals surface area contributed by atoms with Gasteiger partial charge in [0.1, 0.15) is 0 Å². The van der Waals surface area contributed by atoms with E-state index in [1.807, 2.05) is 54.6 Å². The quantitative estimate of drug-likeness (QED) is 0.658. The van der Waals surface area contributed by atoms with Gasteiger partial charge in [0.2, 0.25) is 0 Å². The first kappa shape index (κ1) is 18.2. The first-order chi connectivity index (χ1) is 11.2. The van der Waals surface area contributed by atoms with E-state index in [0.717, 1.165) is 16.6 Å². The third kappa shape index (κ3) is 4.66. The van der Waals surface area contributed by atoms with E-state index in [1.165, 1.54) is 11.1 Å². The van der Waals surface area contributed by atoms with Gasteiger partial charge in [-0.25, -0.2) is 0 Å². The summed E-state index contributed by atoms with van der Waals surface area (Å²) in [5.74, 6) is -0.126. The van der Waals surface area contributed by atoms with Crippen molar-refractivity contribution in [2.75, 3.05) is 5.32 Å². The molecule has 0 aliphatic heterocycles. The second kappa shape index (κ2) is 8.62. The molecule has 1 aromatic heterocycles. The SMILES string of the molecule is Cl.O=C(Nc1ccc(Cc2ccncc2)cc1)c1ccccc1Br. The summed E-state index contributed by atoms with van der Waals surface area (Å²) >= 11 is 3.39. The number of nitrogens with zero attached hydrogens (tertiary/aromatic N) is 1. The maximum Gasteiger partial charge on any atom is 0.256 e. The summed E-state index contributed by atoms with van der Waals surface area (Å²) in [7, 11) is 0. The second-order valence-corrected chi connectivity index (χ2v) is 6.02. The molecule has 5 heteroatoms. The van der Waals surface area contributed by atoms with Gasteiger partial charge in [-0.05, 0) is 69.9 Å². The van der Waals surface area contributed by atoms with Crippen LogP contribution in [0.4, 0.5) is 5.69 Å². The Morgan fingerprint density at radius 3 is 2.21 bits per heavy atom. The number of benzene rings is 2. The number of hydrogen-bond donors (Lipinski definition) is 1. The topological polar surface area (TPSA) is 42.0 Å². The smallest absolute Gasteiger partial charge is 0.256 e. The first-order valence-corrected chi connectivity index (χ1v) is 8.05. The van der Waals surface area contributed by atoms with Crippen molar-refractivity contribution in [2.24, 2.45) is 0 Å². The van der Waals surface area contributed by atoms with Crippen LogP contribution in [0.15, 0.2) is 77.5 Å². The predicted molar refractivity (Wildman–Crippen MR) is 103 cm³/mol. The fourth-order valence-electron chi connectivity index (χ4n) is 2.29. The van der Waals surface area contributed by atoms with Gasteiger partial charge in [-0.2, -0.15) is 0 Å². The van der Waals surface area contributed by atoms with E-state index in [4.69, 9.17) is 0 Å². The van der Waals surface area contributed by atoms with Gasteiger partial charge in [0.25, 0.3) is 5.91 Å². The normalized spacial score (nSPS) is 9.88. The Kier molecular flexibility index (Phi) is 6.53. The van der Waals surface area contributed by atoms with Gasteiger partial charge in [-0.15, -0.1) is 12.4 Å². The van der Waals surface area contributed by atoms with E-state index in [2.05, 4.69) is 26.2 Å². The summed E-state index contributed by atoms with van der Waals surface area (Å²) in [6, 6.07) is 19.3. The fourth-order valence-corrected chi connectivity index (χ4v) is 2.75. The fraction of sp³-hybridized carbons (Fsp3) is 0.0526. The van der Waals surface area contributed by atoms with Gasteiger partial charge < -0.3 is 5.32 Å². The minimum absolute atomic E-state index is 0. The van der Waals surface area contributed by atoms with Crippen molar-refractivity contribution in [2.45, 2.75) is 6.42 Å². The van der Waals surface area contributed by atoms with E-state index in [-0.39, 0.29) is 18.3 Å². The van der Waals surface area contributed by atoms with Crippen molar-refractivity contribution in [3.8, 4) is 0 Å². The largest absolute Gasteiger partial charge is 0.322 e. The monoisotopic (exact) mass is 402 g/mol. The number of carbonyl (C=O) groups excluding carboxylic acids is 1. The molecule has 3 nitrogen and oxygen atoms in total. The standard InChI is InChI=1S/C19H15BrN2O.ClH/c20-18-4-2-1-3-17(18)19(23)22-16-7-5-14(6-8-16)13-15-9-11-21-12-10-15;/h1-12H,13H2,(H,22,23);1H. The molecule has 0 atom stereocenters. The lowest BCUT2D eigenvalue weighted by Crippen LogP contribution is -2.12. The van der Waals surface area contributed by atoms with Crippen LogP contribution in [0.1, 0.15) is 21.5 Å². The molecule has 0 bridgehead atoms. The Hall–Kier alpha value is -2.17. The lowest BCUT2D eigenvalue weighted by atomic mass is 10.1. The van der Waals surface area contributed by atoms with Crippen LogP contribution in [-0.2, 0) is 6.42 Å². The van der Waals surface area contributed by atoms with Gasteiger partial charge in [0.15, 0.2) is 0 Å². The number of hydrogen-bond acceptors (Lipinski definition) is 2. The van der Waals surface area contributed by atoms with Crippen molar-refractivity contribution >= 4 is 39.9 Å². The predicted octanol–water partition coefficient (Wildman–Crippen LogP) is 5.11. The molecule has 1 amide bonds. The molecule has 3 rings (SSSR count). The Balaban J connectivity index is 0.00000208. The van der Waals surface area contributed by atoms with E-state index in [1.54, 1.807) is 18.5 Å². The summed E-state index contributed by atoms with van der Waals surface area (Å²) in [6.45, 7) is 0. The average Bonchev–Trinajstić information content (AvgIpc) is 2.58. The number of carbonyl (C=O) groups is 1. The van der Waals surface area contributed by atoms with E-state index in [0.29, 0.717) is 5.56 Å². The maximum absolute atomic E-state index is 12.3. The highest BCUT2D eigenvalue weighted by Crippen LogP contribution is 2.18. The summed E-state index contributed by atoms with van der Waals surface area (Å²) in [6.07, 6.45) is 4.43. The first-order valence-electron chi connectivity index (χ1n) is 7.26. The number of amides is 1. The lowest BCUT2D eigenvalue weighted by Gasteiger charge is -2.08. The average molecular weight is 404 g/mol. The molecule has 0 aliphatic carbocycles. The third-order valence-corrected chi connectivity index (χ3v) is 4.18. The molecule has 1 N–H and O–H groups in total. The summed E-state index contributed by atoms with van der Waals surface area (Å²) in [5.41, 5.74) is 3.80. The highest BCUT2D eigenvalue weighted by atomic mass is 79.9. The Labute approximate surface area is 155 Å². The Morgan fingerprint density at radius 1 is 0.917 bits per heavy atom. The number of halogens is 2. The zero-order valence-corrected chi connectivity index (χ0v) is 15.2. The van der Waals surface area contributed by atoms with Crippen molar-refractivity contribution in [3.63, 3.8) is 0 Å². The van der Waals surface area contributed by atoms with Gasteiger partial charge in [-0.1, -0.05) is 24.3 Å². The number of aromatic nitrogens is 1. The van der Waals surface area contributed by atoms with Crippen LogP contribution in [0.2, 0.25) is 0 Å². The molecule has 2 aromatic carbocycles. The van der Waals surface area contributed by atoms with Crippen LogP contribution in [0.5, 0.6) is 0 Å². The van der Waals surface area contributed by atoms with E-state index < -0.39 is 0 Å². The zero-order valence-electron chi connectivity index (χ0n) is 12.8. The highest BCUT2D eigenvalue weighted by molar-refractivity contribution is 9.10. The highest BCUT2D eigenvalue weighted by Gasteiger charge is 2.09. The zero-order chi connectivity index (χ0) is 16.1. The van der Waals surface area contributed by atoms with Crippen molar-refractivity contribution in [1.82, 2.24) is 4.98 Å². The van der Waals surface area contributed by atoms with Gasteiger partial charge in [0, 0.05) is 22.6 Å². The molecule has 0 saturated heterocycles. The van der Waals surface area contributed by atoms with Gasteiger partial charge in [-0.3, -0.25) is 9.78 Å². The molecular formula is C19H16BrClN2O. The van der Waals surface area contributed by atoms with Crippen molar-refractivity contribution in [3.05, 3.63) is 94.2 Å². The number of anilines is 1. The molecule has 0 radical (unpaired) electrons. The number of nitrogens with one attached hydrogen (secondary N) is 1. The third-order valence-electron chi connectivity index (χ3n) is 3.49. The maximum atomic E-state index is 12.3. The molecule has 0 saturated carbocycles. The summed E-state index contributed by atoms with van der Waals surface area (Å²) < 4.78 is 0.784. The summed E-state index contributed by atoms with van der Waals surface area (Å²) in [5, 5.41) is 2.91. The Morgan fingerprint density at radius 2 is 1.54 bits per heavy atom. The van der Waals surface area contributed by atoms with Gasteiger partial charge >= 0.3 is 0 Å². The number of pyridine rings is 1. The van der Waals surface area contributed by atoms with Gasteiger partial charge in [0.05, 0.1) is 5.56 Å². The molecule has 0 spiro atoms. The lowest BCUT2D eigenvalue weighted by molar-refractivity contribution is 0.102. The second-order valence-electron chi connectivity index (χ2n) is 5.16. The van der Waals surface area contributed by atoms with Crippen molar-refractivity contribution < 1.29 is 4.79 Å². The molecule has 122 valence electrons. The molecule has 3 aromatic rings. The van der Waals surface area contributed by atoms with Crippen LogP contribution in [-0.4, -0.2) is 10.9 Å². The van der Waals surface area contributed by atoms with E-state index >= 15 is 0 Å². The minimum atomic E-state index is -0.126. The van der Waals surface area contributed by atoms with Crippen LogP contribution >= 0.6 is 28.3 Å². The Bertz CT molecular complexity index is 807. The number of rotatable bonds is 4. The minimum Gasteiger partial charge on any atom is -0.322 e. The van der Waals surface area contributed by atoms with Crippen LogP contribution in [0.25, 0.3) is 0 Å². The van der Waals surface area contributed by atoms with Crippen molar-refractivity contribution in [1.29, 1.82) is 0 Å². The molecule has 0 fully saturated rings. The molecular weight excluding hydrogens is 388 g/mol. The van der Waals surface area contributed by atoms with Crippen LogP contribution < -0.4 is 5.32 Å².